The molecule has 1 N–H and O–H groups in total. The predicted molar refractivity (Wildman–Crippen MR) is 135 cm³/mol. The summed E-state index contributed by atoms with van der Waals surface area (Å²) in [6, 6.07) is 1.60. The number of carbonyl (C=O) groups excluding carboxylic acids is 1. The standard InChI is InChI=1S/C23H41N3O6Si2/c1-14(2)33(15(3)4)29-13-20-19(31-34(32-33,16(5)6)17(7)8)12-22(30-20)26-11-10-21(24-18(9)27)25-23(26)28/h10-11,14-17,19-20,22H,12-13H2,1-9H3,(H,24,25,27,28)/t19-,20+,22+/m0/s1. The van der Waals surface area contributed by atoms with E-state index in [4.69, 9.17) is 17.7 Å². The molecule has 9 nitrogen and oxygen atoms in total. The van der Waals surface area contributed by atoms with Crippen LogP contribution in [0, 0.1) is 0 Å². The Morgan fingerprint density at radius 1 is 1.03 bits per heavy atom. The fraction of sp³-hybridized carbons (Fsp3) is 0.783. The molecule has 1 aromatic rings. The van der Waals surface area contributed by atoms with Gasteiger partial charge in [-0.2, -0.15) is 4.98 Å². The Kier molecular flexibility index (Phi) is 8.26. The van der Waals surface area contributed by atoms with E-state index in [0.717, 1.165) is 0 Å². The molecule has 1 amide bonds. The summed E-state index contributed by atoms with van der Waals surface area (Å²) in [5.41, 5.74) is 0.468. The minimum atomic E-state index is -2.73. The third-order valence-corrected chi connectivity index (χ3v) is 17.3. The van der Waals surface area contributed by atoms with Crippen LogP contribution in [-0.2, 0) is 22.5 Å². The van der Waals surface area contributed by atoms with Crippen LogP contribution in [0.4, 0.5) is 5.82 Å². The number of rotatable bonds is 6. The highest BCUT2D eigenvalue weighted by atomic mass is 28.5. The molecule has 0 bridgehead atoms. The third kappa shape index (κ3) is 5.10. The van der Waals surface area contributed by atoms with Gasteiger partial charge in [-0.05, 0) is 28.2 Å². The van der Waals surface area contributed by atoms with Crippen LogP contribution in [0.1, 0.15) is 75.0 Å². The first-order chi connectivity index (χ1) is 15.8. The van der Waals surface area contributed by atoms with E-state index in [1.807, 2.05) is 0 Å². The highest BCUT2D eigenvalue weighted by Gasteiger charge is 2.60. The van der Waals surface area contributed by atoms with Gasteiger partial charge in [-0.15, -0.1) is 0 Å². The van der Waals surface area contributed by atoms with Gasteiger partial charge in [0.15, 0.2) is 0 Å². The SMILES string of the molecule is CC(=O)Nc1ccn([C@H]2C[C@@H]3O[Si](C(C)C)(C(C)C)O[Si](C(C)C)(C(C)C)OC[C@H]3O2)c(=O)n1. The lowest BCUT2D eigenvalue weighted by Gasteiger charge is -2.51. The van der Waals surface area contributed by atoms with Crippen LogP contribution in [0.2, 0.25) is 22.2 Å². The van der Waals surface area contributed by atoms with Gasteiger partial charge in [0.2, 0.25) is 5.91 Å². The molecule has 3 heterocycles. The predicted octanol–water partition coefficient (Wildman–Crippen LogP) is 4.45. The smallest absolute Gasteiger partial charge is 0.351 e. The number of aromatic nitrogens is 2. The van der Waals surface area contributed by atoms with Gasteiger partial charge in [0.25, 0.3) is 0 Å². The Labute approximate surface area is 205 Å². The van der Waals surface area contributed by atoms with Crippen molar-refractivity contribution in [1.29, 1.82) is 0 Å². The van der Waals surface area contributed by atoms with Gasteiger partial charge in [0, 0.05) is 19.5 Å². The maximum Gasteiger partial charge on any atom is 0.351 e. The Morgan fingerprint density at radius 3 is 2.12 bits per heavy atom. The highest BCUT2D eigenvalue weighted by molar-refractivity contribution is 6.83. The quantitative estimate of drug-likeness (QED) is 0.563. The lowest BCUT2D eigenvalue weighted by molar-refractivity contribution is -0.114. The summed E-state index contributed by atoms with van der Waals surface area (Å²) in [5.74, 6) is -0.0566. The Bertz CT molecular complexity index is 920. The van der Waals surface area contributed by atoms with Gasteiger partial charge >= 0.3 is 22.8 Å². The number of amides is 1. The molecule has 34 heavy (non-hydrogen) atoms. The van der Waals surface area contributed by atoms with Crippen LogP contribution in [0.3, 0.4) is 0 Å². The van der Waals surface area contributed by atoms with Crippen molar-refractivity contribution in [3.63, 3.8) is 0 Å². The number of nitrogens with one attached hydrogen (secondary N) is 1. The van der Waals surface area contributed by atoms with E-state index in [-0.39, 0.29) is 46.1 Å². The van der Waals surface area contributed by atoms with Gasteiger partial charge in [0.05, 0.1) is 12.7 Å². The van der Waals surface area contributed by atoms with Crippen LogP contribution >= 0.6 is 0 Å². The van der Waals surface area contributed by atoms with Crippen LogP contribution < -0.4 is 11.0 Å². The van der Waals surface area contributed by atoms with Crippen molar-refractivity contribution in [2.45, 2.75) is 109 Å². The number of carbonyl (C=O) groups is 1. The third-order valence-electron chi connectivity index (χ3n) is 6.97. The molecule has 0 aliphatic carbocycles. The molecule has 0 saturated carbocycles. The molecule has 1 aromatic heterocycles. The maximum atomic E-state index is 12.7. The molecule has 0 unspecified atom stereocenters. The number of fused-ring (bicyclic) bond motifs is 1. The van der Waals surface area contributed by atoms with Gasteiger partial charge < -0.3 is 23.0 Å². The zero-order chi connectivity index (χ0) is 25.4. The van der Waals surface area contributed by atoms with Crippen LogP contribution in [0.25, 0.3) is 0 Å². The van der Waals surface area contributed by atoms with Crippen LogP contribution in [0.15, 0.2) is 17.1 Å². The Hall–Kier alpha value is -1.38. The summed E-state index contributed by atoms with van der Waals surface area (Å²) in [7, 11) is -5.37. The molecule has 192 valence electrons. The van der Waals surface area contributed by atoms with Crippen LogP contribution in [-0.4, -0.2) is 51.4 Å². The molecular formula is C23H41N3O6Si2. The first-order valence-electron chi connectivity index (χ1n) is 12.4. The van der Waals surface area contributed by atoms with Gasteiger partial charge in [0.1, 0.15) is 18.1 Å². The van der Waals surface area contributed by atoms with Crippen LogP contribution in [0.5, 0.6) is 0 Å². The molecule has 2 fully saturated rings. The van der Waals surface area contributed by atoms with E-state index in [9.17, 15) is 9.59 Å². The zero-order valence-electron chi connectivity index (χ0n) is 22.0. The van der Waals surface area contributed by atoms with Crippen molar-refractivity contribution in [2.24, 2.45) is 0 Å². The molecule has 0 radical (unpaired) electrons. The number of ether oxygens (including phenoxy) is 1. The molecule has 11 heteroatoms. The number of hydrogen-bond donors (Lipinski definition) is 1. The lowest BCUT2D eigenvalue weighted by atomic mass is 10.2. The molecule has 2 saturated heterocycles. The number of nitrogens with zero attached hydrogens (tertiary/aromatic N) is 2. The average Bonchev–Trinajstić information content (AvgIpc) is 3.08. The number of anilines is 1. The normalized spacial score (nSPS) is 26.6. The van der Waals surface area contributed by atoms with Crippen molar-refractivity contribution < 1.29 is 22.5 Å². The molecule has 0 spiro atoms. The van der Waals surface area contributed by atoms with E-state index in [1.54, 1.807) is 12.3 Å². The zero-order valence-corrected chi connectivity index (χ0v) is 24.0. The monoisotopic (exact) mass is 511 g/mol. The second-order valence-corrected chi connectivity index (χ2v) is 19.5. The fourth-order valence-electron chi connectivity index (χ4n) is 5.19. The molecule has 3 rings (SSSR count). The van der Waals surface area contributed by atoms with E-state index in [1.165, 1.54) is 11.5 Å². The largest absolute Gasteiger partial charge is 0.414 e. The van der Waals surface area contributed by atoms with E-state index < -0.39 is 29.0 Å². The summed E-state index contributed by atoms with van der Waals surface area (Å²) >= 11 is 0. The summed E-state index contributed by atoms with van der Waals surface area (Å²) in [5, 5.41) is 2.54. The Balaban J connectivity index is 1.97. The Morgan fingerprint density at radius 2 is 1.62 bits per heavy atom. The van der Waals surface area contributed by atoms with Crippen molar-refractivity contribution >= 4 is 28.8 Å². The summed E-state index contributed by atoms with van der Waals surface area (Å²) < 4.78 is 28.8. The fourth-order valence-corrected chi connectivity index (χ4v) is 16.4. The maximum absolute atomic E-state index is 12.7. The van der Waals surface area contributed by atoms with Crippen molar-refractivity contribution in [3.8, 4) is 0 Å². The molecule has 0 aromatic carbocycles. The summed E-state index contributed by atoms with van der Waals surface area (Å²) in [4.78, 5) is 28.0. The minimum Gasteiger partial charge on any atom is -0.414 e. The van der Waals surface area contributed by atoms with Gasteiger partial charge in [-0.1, -0.05) is 55.4 Å². The second kappa shape index (κ2) is 10.3. The first-order valence-corrected chi connectivity index (χ1v) is 16.3. The lowest BCUT2D eigenvalue weighted by Crippen LogP contribution is -2.65. The first kappa shape index (κ1) is 27.2. The van der Waals surface area contributed by atoms with Crippen molar-refractivity contribution in [1.82, 2.24) is 9.55 Å². The topological polar surface area (TPSA) is 101 Å². The minimum absolute atomic E-state index is 0.222. The van der Waals surface area contributed by atoms with Gasteiger partial charge in [-0.3, -0.25) is 9.36 Å². The second-order valence-electron chi connectivity index (χ2n) is 10.7. The summed E-state index contributed by atoms with van der Waals surface area (Å²) in [6.07, 6.45) is 1.05. The molecule has 2 aliphatic rings. The highest BCUT2D eigenvalue weighted by Crippen LogP contribution is 2.48. The molecule has 2 aliphatic heterocycles. The van der Waals surface area contributed by atoms with E-state index in [2.05, 4.69) is 65.7 Å². The molecule has 3 atom stereocenters. The average molecular weight is 512 g/mol. The van der Waals surface area contributed by atoms with E-state index in [0.29, 0.717) is 13.0 Å². The van der Waals surface area contributed by atoms with E-state index >= 15 is 0 Å². The van der Waals surface area contributed by atoms with Gasteiger partial charge in [-0.25, -0.2) is 4.79 Å². The summed E-state index contributed by atoms with van der Waals surface area (Å²) in [6.45, 7) is 19.2. The van der Waals surface area contributed by atoms with Crippen molar-refractivity contribution in [3.05, 3.63) is 22.7 Å². The number of hydrogen-bond acceptors (Lipinski definition) is 7. The van der Waals surface area contributed by atoms with Crippen molar-refractivity contribution in [2.75, 3.05) is 11.9 Å². The molecular weight excluding hydrogens is 470 g/mol.